The molecule has 1 atom stereocenters. The van der Waals surface area contributed by atoms with E-state index < -0.39 is 0 Å². The first-order valence-corrected chi connectivity index (χ1v) is 4.04. The molecule has 11 heavy (non-hydrogen) atoms. The number of ether oxygens (including phenoxy) is 2. The first kappa shape index (κ1) is 7.10. The van der Waals surface area contributed by atoms with E-state index in [0.29, 0.717) is 0 Å². The number of esters is 1. The lowest BCUT2D eigenvalue weighted by Gasteiger charge is -1.98. The van der Waals surface area contributed by atoms with Crippen LogP contribution in [0.4, 0.5) is 0 Å². The summed E-state index contributed by atoms with van der Waals surface area (Å²) in [5.74, 6) is -0.202. The number of epoxide rings is 1. The van der Waals surface area contributed by atoms with Gasteiger partial charge in [-0.05, 0) is 12.8 Å². The van der Waals surface area contributed by atoms with Crippen LogP contribution in [-0.4, -0.2) is 24.8 Å². The summed E-state index contributed by atoms with van der Waals surface area (Å²) in [4.78, 5) is 11.0. The molecular weight excluding hydrogens is 144 g/mol. The molecular formula is C8H12O3. The third-order valence-corrected chi connectivity index (χ3v) is 2.64. The van der Waals surface area contributed by atoms with E-state index in [9.17, 15) is 4.79 Å². The predicted molar refractivity (Wildman–Crippen MR) is 38.1 cm³/mol. The average molecular weight is 156 g/mol. The Morgan fingerprint density at radius 2 is 2.18 bits per heavy atom. The highest BCUT2D eigenvalue weighted by molar-refractivity contribution is 5.79. The molecule has 1 heterocycles. The summed E-state index contributed by atoms with van der Waals surface area (Å²) in [6.45, 7) is 0. The van der Waals surface area contributed by atoms with Crippen LogP contribution in [0, 0.1) is 0 Å². The van der Waals surface area contributed by atoms with Gasteiger partial charge in [-0.15, -0.1) is 0 Å². The minimum atomic E-state index is -0.241. The SMILES string of the molecule is COC(=O)[C@H]1OC12CCCC2. The Balaban J connectivity index is 1.97. The molecule has 0 aromatic carbocycles. The molecule has 1 aliphatic heterocycles. The largest absolute Gasteiger partial charge is 0.467 e. The average Bonchev–Trinajstić information content (AvgIpc) is 2.48. The van der Waals surface area contributed by atoms with E-state index in [1.165, 1.54) is 20.0 Å². The minimum Gasteiger partial charge on any atom is -0.467 e. The smallest absolute Gasteiger partial charge is 0.338 e. The van der Waals surface area contributed by atoms with Crippen LogP contribution in [0.25, 0.3) is 0 Å². The topological polar surface area (TPSA) is 38.8 Å². The molecule has 0 radical (unpaired) electrons. The van der Waals surface area contributed by atoms with E-state index in [4.69, 9.17) is 4.74 Å². The third kappa shape index (κ3) is 0.948. The normalized spacial score (nSPS) is 32.3. The Labute approximate surface area is 65.7 Å². The van der Waals surface area contributed by atoms with Crippen LogP contribution in [0.15, 0.2) is 0 Å². The van der Waals surface area contributed by atoms with E-state index in [1.54, 1.807) is 0 Å². The molecule has 1 spiro atoms. The molecule has 3 heteroatoms. The molecule has 0 bridgehead atoms. The van der Waals surface area contributed by atoms with Gasteiger partial charge in [0.15, 0.2) is 6.10 Å². The standard InChI is InChI=1S/C8H12O3/c1-10-7(9)6-8(11-6)4-2-3-5-8/h6H,2-5H2,1H3/t6-/m1/s1. The summed E-state index contributed by atoms with van der Waals surface area (Å²) < 4.78 is 9.94. The lowest BCUT2D eigenvalue weighted by Crippen LogP contribution is -2.18. The van der Waals surface area contributed by atoms with Crippen molar-refractivity contribution in [3.63, 3.8) is 0 Å². The van der Waals surface area contributed by atoms with Gasteiger partial charge in [-0.2, -0.15) is 0 Å². The van der Waals surface area contributed by atoms with Gasteiger partial charge >= 0.3 is 5.97 Å². The molecule has 62 valence electrons. The molecule has 0 aromatic heterocycles. The van der Waals surface area contributed by atoms with Gasteiger partial charge in [-0.25, -0.2) is 4.79 Å². The van der Waals surface area contributed by atoms with Gasteiger partial charge in [-0.3, -0.25) is 0 Å². The summed E-state index contributed by atoms with van der Waals surface area (Å²) in [5, 5.41) is 0. The summed E-state index contributed by atoms with van der Waals surface area (Å²) >= 11 is 0. The molecule has 0 unspecified atom stereocenters. The lowest BCUT2D eigenvalue weighted by molar-refractivity contribution is -0.142. The van der Waals surface area contributed by atoms with Gasteiger partial charge in [0, 0.05) is 0 Å². The molecule has 0 aromatic rings. The number of hydrogen-bond acceptors (Lipinski definition) is 3. The van der Waals surface area contributed by atoms with Crippen LogP contribution in [0.3, 0.4) is 0 Å². The number of rotatable bonds is 1. The van der Waals surface area contributed by atoms with Crippen molar-refractivity contribution in [1.29, 1.82) is 0 Å². The van der Waals surface area contributed by atoms with Gasteiger partial charge in [0.2, 0.25) is 0 Å². The number of methoxy groups -OCH3 is 1. The van der Waals surface area contributed by atoms with Gasteiger partial charge in [0.1, 0.15) is 5.60 Å². The Morgan fingerprint density at radius 1 is 1.55 bits per heavy atom. The molecule has 0 N–H and O–H groups in total. The van der Waals surface area contributed by atoms with Gasteiger partial charge in [-0.1, -0.05) is 12.8 Å². The van der Waals surface area contributed by atoms with Crippen LogP contribution < -0.4 is 0 Å². The number of carbonyl (C=O) groups excluding carboxylic acids is 1. The molecule has 2 aliphatic rings. The summed E-state index contributed by atoms with van der Waals surface area (Å²) in [6.07, 6.45) is 4.20. The number of hydrogen-bond donors (Lipinski definition) is 0. The van der Waals surface area contributed by atoms with Gasteiger partial charge in [0.25, 0.3) is 0 Å². The lowest BCUT2D eigenvalue weighted by atomic mass is 10.0. The van der Waals surface area contributed by atoms with Crippen LogP contribution in [0.1, 0.15) is 25.7 Å². The van der Waals surface area contributed by atoms with Crippen molar-refractivity contribution in [2.75, 3.05) is 7.11 Å². The monoisotopic (exact) mass is 156 g/mol. The van der Waals surface area contributed by atoms with Crippen molar-refractivity contribution in [3.8, 4) is 0 Å². The Kier molecular flexibility index (Phi) is 1.42. The van der Waals surface area contributed by atoms with E-state index in [-0.39, 0.29) is 17.7 Å². The molecule has 1 saturated heterocycles. The first-order chi connectivity index (χ1) is 5.28. The maximum atomic E-state index is 11.0. The maximum absolute atomic E-state index is 11.0. The fraction of sp³-hybridized carbons (Fsp3) is 0.875. The highest BCUT2D eigenvalue weighted by Crippen LogP contribution is 2.49. The zero-order valence-electron chi connectivity index (χ0n) is 6.63. The number of carbonyl (C=O) groups is 1. The maximum Gasteiger partial charge on any atom is 0.338 e. The van der Waals surface area contributed by atoms with Crippen molar-refractivity contribution in [2.45, 2.75) is 37.4 Å². The van der Waals surface area contributed by atoms with Crippen LogP contribution in [-0.2, 0) is 14.3 Å². The molecule has 0 amide bonds. The van der Waals surface area contributed by atoms with Gasteiger partial charge in [0.05, 0.1) is 7.11 Å². The van der Waals surface area contributed by atoms with E-state index in [2.05, 4.69) is 4.74 Å². The van der Waals surface area contributed by atoms with Crippen molar-refractivity contribution in [1.82, 2.24) is 0 Å². The molecule has 2 fully saturated rings. The fourth-order valence-corrected chi connectivity index (χ4v) is 1.92. The Bertz CT molecular complexity index is 182. The van der Waals surface area contributed by atoms with Crippen molar-refractivity contribution >= 4 is 5.97 Å². The van der Waals surface area contributed by atoms with Crippen LogP contribution >= 0.6 is 0 Å². The second kappa shape index (κ2) is 2.21. The zero-order valence-corrected chi connectivity index (χ0v) is 6.63. The van der Waals surface area contributed by atoms with Gasteiger partial charge < -0.3 is 9.47 Å². The highest BCUT2D eigenvalue weighted by atomic mass is 16.7. The second-order valence-electron chi connectivity index (χ2n) is 3.29. The summed E-state index contributed by atoms with van der Waals surface area (Å²) in [5.41, 5.74) is -0.0902. The molecule has 1 aliphatic carbocycles. The Hall–Kier alpha value is -0.570. The Morgan fingerprint density at radius 3 is 2.73 bits per heavy atom. The first-order valence-electron chi connectivity index (χ1n) is 4.04. The fourth-order valence-electron chi connectivity index (χ4n) is 1.92. The van der Waals surface area contributed by atoms with Crippen LogP contribution in [0.5, 0.6) is 0 Å². The second-order valence-corrected chi connectivity index (χ2v) is 3.29. The zero-order chi connectivity index (χ0) is 7.90. The van der Waals surface area contributed by atoms with E-state index in [0.717, 1.165) is 12.8 Å². The van der Waals surface area contributed by atoms with E-state index in [1.807, 2.05) is 0 Å². The predicted octanol–water partition coefficient (Wildman–Crippen LogP) is 0.871. The molecule has 1 saturated carbocycles. The van der Waals surface area contributed by atoms with Crippen molar-refractivity contribution in [3.05, 3.63) is 0 Å². The third-order valence-electron chi connectivity index (χ3n) is 2.64. The summed E-state index contributed by atoms with van der Waals surface area (Å²) in [7, 11) is 1.41. The highest BCUT2D eigenvalue weighted by Gasteiger charge is 2.62. The molecule has 3 nitrogen and oxygen atoms in total. The van der Waals surface area contributed by atoms with Crippen LogP contribution in [0.2, 0.25) is 0 Å². The van der Waals surface area contributed by atoms with Crippen molar-refractivity contribution < 1.29 is 14.3 Å². The molecule has 2 rings (SSSR count). The van der Waals surface area contributed by atoms with Crippen molar-refractivity contribution in [2.24, 2.45) is 0 Å². The summed E-state index contributed by atoms with van der Waals surface area (Å²) in [6, 6.07) is 0. The van der Waals surface area contributed by atoms with E-state index >= 15 is 0 Å². The quantitative estimate of drug-likeness (QED) is 0.417. The minimum absolute atomic E-state index is 0.0902.